The molecule has 2 heterocycles. The van der Waals surface area contributed by atoms with Gasteiger partial charge in [-0.1, -0.05) is 47.6 Å². The van der Waals surface area contributed by atoms with Crippen LogP contribution in [0.5, 0.6) is 0 Å². The van der Waals surface area contributed by atoms with Gasteiger partial charge in [0, 0.05) is 17.9 Å². The van der Waals surface area contributed by atoms with Gasteiger partial charge in [-0.2, -0.15) is 0 Å². The number of thioether (sulfide) groups is 1. The van der Waals surface area contributed by atoms with Crippen molar-refractivity contribution >= 4 is 29.1 Å². The average molecular weight is 338 g/mol. The monoisotopic (exact) mass is 338 g/mol. The molecular formula is C19H18N2O2S. The van der Waals surface area contributed by atoms with Crippen molar-refractivity contribution in [2.75, 3.05) is 17.2 Å². The Balaban J connectivity index is 1.53. The van der Waals surface area contributed by atoms with Gasteiger partial charge in [-0.25, -0.2) is 0 Å². The number of rotatable bonds is 2. The third-order valence-electron chi connectivity index (χ3n) is 4.26. The summed E-state index contributed by atoms with van der Waals surface area (Å²) >= 11 is 1.81. The molecule has 0 bridgehead atoms. The molecule has 2 aromatic carbocycles. The second-order valence-corrected chi connectivity index (χ2v) is 7.00. The lowest BCUT2D eigenvalue weighted by Gasteiger charge is -2.24. The molecule has 0 saturated carbocycles. The molecule has 0 N–H and O–H groups in total. The Labute approximate surface area is 145 Å². The molecule has 2 aromatic rings. The number of hydrogen-bond donors (Lipinski definition) is 0. The molecule has 1 amide bonds. The number of hydrogen-bond acceptors (Lipinski definition) is 4. The Morgan fingerprint density at radius 2 is 1.92 bits per heavy atom. The quantitative estimate of drug-likeness (QED) is 0.838. The van der Waals surface area contributed by atoms with Gasteiger partial charge < -0.3 is 9.74 Å². The number of oxime groups is 1. The number of para-hydroxylation sites is 1. The van der Waals surface area contributed by atoms with E-state index in [-0.39, 0.29) is 5.91 Å². The maximum atomic E-state index is 13.0. The summed E-state index contributed by atoms with van der Waals surface area (Å²) in [5.41, 5.74) is 2.84. The summed E-state index contributed by atoms with van der Waals surface area (Å²) in [6, 6.07) is 18.0. The van der Waals surface area contributed by atoms with Gasteiger partial charge in [0.1, 0.15) is 0 Å². The van der Waals surface area contributed by atoms with Crippen molar-refractivity contribution in [3.8, 4) is 0 Å². The Morgan fingerprint density at radius 3 is 2.79 bits per heavy atom. The molecule has 24 heavy (non-hydrogen) atoms. The van der Waals surface area contributed by atoms with Crippen LogP contribution >= 0.6 is 11.8 Å². The third kappa shape index (κ3) is 2.91. The van der Waals surface area contributed by atoms with Crippen molar-refractivity contribution in [2.24, 2.45) is 5.16 Å². The van der Waals surface area contributed by atoms with Crippen molar-refractivity contribution in [3.05, 3.63) is 60.2 Å². The molecule has 1 unspecified atom stereocenters. The smallest absolute Gasteiger partial charge is 0.271 e. The number of amides is 1. The third-order valence-corrected chi connectivity index (χ3v) is 5.41. The number of carbonyl (C=O) groups is 1. The van der Waals surface area contributed by atoms with Crippen LogP contribution in [0.25, 0.3) is 0 Å². The van der Waals surface area contributed by atoms with Crippen LogP contribution < -0.4 is 4.90 Å². The lowest BCUT2D eigenvalue weighted by molar-refractivity contribution is -0.128. The van der Waals surface area contributed by atoms with Gasteiger partial charge in [0.25, 0.3) is 5.91 Å². The molecule has 4 rings (SSSR count). The van der Waals surface area contributed by atoms with Gasteiger partial charge in [0.2, 0.25) is 6.10 Å². The number of fused-ring (bicyclic) bond motifs is 1. The minimum atomic E-state index is -0.531. The summed E-state index contributed by atoms with van der Waals surface area (Å²) in [5, 5.41) is 4.15. The summed E-state index contributed by atoms with van der Waals surface area (Å²) < 4.78 is 0. The molecule has 0 aliphatic carbocycles. The van der Waals surface area contributed by atoms with Crippen LogP contribution in [-0.4, -0.2) is 30.0 Å². The first kappa shape index (κ1) is 15.3. The SMILES string of the molecule is O=C(C1CC(c2ccccc2)=NO1)N1CCCSc2ccccc21. The highest BCUT2D eigenvalue weighted by Gasteiger charge is 2.34. The number of anilines is 1. The van der Waals surface area contributed by atoms with Gasteiger partial charge in [0.05, 0.1) is 11.4 Å². The zero-order chi connectivity index (χ0) is 16.4. The fourth-order valence-electron chi connectivity index (χ4n) is 3.04. The summed E-state index contributed by atoms with van der Waals surface area (Å²) in [4.78, 5) is 21.5. The normalized spacial score (nSPS) is 19.9. The van der Waals surface area contributed by atoms with E-state index in [2.05, 4.69) is 11.2 Å². The van der Waals surface area contributed by atoms with Crippen LogP contribution in [0.2, 0.25) is 0 Å². The van der Waals surface area contributed by atoms with E-state index in [1.165, 1.54) is 0 Å². The fourth-order valence-corrected chi connectivity index (χ4v) is 4.04. The summed E-state index contributed by atoms with van der Waals surface area (Å²) in [6.07, 6.45) is 0.968. The molecule has 5 heteroatoms. The van der Waals surface area contributed by atoms with E-state index in [1.807, 2.05) is 65.2 Å². The van der Waals surface area contributed by atoms with E-state index in [4.69, 9.17) is 4.84 Å². The van der Waals surface area contributed by atoms with E-state index in [1.54, 1.807) is 0 Å². The largest absolute Gasteiger partial charge is 0.382 e. The van der Waals surface area contributed by atoms with E-state index in [0.717, 1.165) is 40.6 Å². The highest BCUT2D eigenvalue weighted by atomic mass is 32.2. The first-order chi connectivity index (χ1) is 11.8. The molecule has 122 valence electrons. The van der Waals surface area contributed by atoms with Crippen molar-refractivity contribution in [1.29, 1.82) is 0 Å². The molecular weight excluding hydrogens is 320 g/mol. The summed E-state index contributed by atoms with van der Waals surface area (Å²) in [6.45, 7) is 0.726. The Bertz CT molecular complexity index is 776. The topological polar surface area (TPSA) is 41.9 Å². The first-order valence-corrected chi connectivity index (χ1v) is 9.13. The number of carbonyl (C=O) groups excluding carboxylic acids is 1. The first-order valence-electron chi connectivity index (χ1n) is 8.14. The van der Waals surface area contributed by atoms with Crippen LogP contribution in [-0.2, 0) is 9.63 Å². The molecule has 2 aliphatic rings. The van der Waals surface area contributed by atoms with Crippen LogP contribution in [0.15, 0.2) is 64.6 Å². The summed E-state index contributed by atoms with van der Waals surface area (Å²) in [5.74, 6) is 1.03. The average Bonchev–Trinajstić information content (AvgIpc) is 3.03. The summed E-state index contributed by atoms with van der Waals surface area (Å²) in [7, 11) is 0. The zero-order valence-corrected chi connectivity index (χ0v) is 14.0. The molecule has 0 aromatic heterocycles. The van der Waals surface area contributed by atoms with Gasteiger partial charge in [-0.3, -0.25) is 4.79 Å². The molecule has 0 spiro atoms. The highest BCUT2D eigenvalue weighted by molar-refractivity contribution is 7.99. The molecule has 4 nitrogen and oxygen atoms in total. The number of benzene rings is 2. The lowest BCUT2D eigenvalue weighted by atomic mass is 10.0. The van der Waals surface area contributed by atoms with Gasteiger partial charge in [0.15, 0.2) is 0 Å². The van der Waals surface area contributed by atoms with Gasteiger partial charge in [-0.05, 0) is 29.9 Å². The van der Waals surface area contributed by atoms with Crippen molar-refractivity contribution < 1.29 is 9.63 Å². The molecule has 1 atom stereocenters. The standard InChI is InChI=1S/C19H18N2O2S/c22-19(17-13-15(20-23-17)14-7-2-1-3-8-14)21-11-6-12-24-18-10-5-4-9-16(18)21/h1-5,7-10,17H,6,11-13H2. The predicted molar refractivity (Wildman–Crippen MR) is 96.6 cm³/mol. The van der Waals surface area contributed by atoms with Gasteiger partial charge in [-0.15, -0.1) is 11.8 Å². The minimum Gasteiger partial charge on any atom is -0.382 e. The van der Waals surface area contributed by atoms with Crippen molar-refractivity contribution in [3.63, 3.8) is 0 Å². The second-order valence-electron chi connectivity index (χ2n) is 5.86. The molecule has 0 saturated heterocycles. The predicted octanol–water partition coefficient (Wildman–Crippen LogP) is 3.71. The maximum absolute atomic E-state index is 13.0. The minimum absolute atomic E-state index is 0.000342. The molecule has 2 aliphatic heterocycles. The van der Waals surface area contributed by atoms with Crippen molar-refractivity contribution in [2.45, 2.75) is 23.8 Å². The lowest BCUT2D eigenvalue weighted by Crippen LogP contribution is -2.40. The van der Waals surface area contributed by atoms with E-state index in [9.17, 15) is 4.79 Å². The fraction of sp³-hybridized carbons (Fsp3) is 0.263. The van der Waals surface area contributed by atoms with Crippen molar-refractivity contribution in [1.82, 2.24) is 0 Å². The van der Waals surface area contributed by atoms with E-state index < -0.39 is 6.10 Å². The zero-order valence-electron chi connectivity index (χ0n) is 13.2. The number of nitrogens with zero attached hydrogens (tertiary/aromatic N) is 2. The second kappa shape index (κ2) is 6.69. The Morgan fingerprint density at radius 1 is 1.12 bits per heavy atom. The maximum Gasteiger partial charge on any atom is 0.271 e. The van der Waals surface area contributed by atoms with Crippen LogP contribution in [0.3, 0.4) is 0 Å². The van der Waals surface area contributed by atoms with Gasteiger partial charge >= 0.3 is 0 Å². The molecule has 0 fully saturated rings. The Kier molecular flexibility index (Phi) is 4.26. The molecule has 0 radical (unpaired) electrons. The van der Waals surface area contributed by atoms with Crippen LogP contribution in [0.4, 0.5) is 5.69 Å². The van der Waals surface area contributed by atoms with Crippen LogP contribution in [0.1, 0.15) is 18.4 Å². The Hall–Kier alpha value is -2.27. The van der Waals surface area contributed by atoms with E-state index in [0.29, 0.717) is 6.42 Å². The highest BCUT2D eigenvalue weighted by Crippen LogP contribution is 2.34. The van der Waals surface area contributed by atoms with E-state index >= 15 is 0 Å². The van der Waals surface area contributed by atoms with Crippen LogP contribution in [0, 0.1) is 0 Å².